The molecule has 4 heterocycles. The van der Waals surface area contributed by atoms with Crippen molar-refractivity contribution in [1.82, 2.24) is 19.7 Å². The Morgan fingerprint density at radius 2 is 1.77 bits per heavy atom. The third kappa shape index (κ3) is 4.29. The van der Waals surface area contributed by atoms with E-state index in [9.17, 15) is 9.59 Å². The lowest BCUT2D eigenvalue weighted by atomic mass is 9.86. The molecule has 8 nitrogen and oxygen atoms in total. The van der Waals surface area contributed by atoms with E-state index in [0.29, 0.717) is 24.5 Å². The number of aromatic amines is 1. The molecule has 0 aliphatic carbocycles. The summed E-state index contributed by atoms with van der Waals surface area (Å²) in [7, 11) is 2.09. The number of rotatable bonds is 7. The van der Waals surface area contributed by atoms with Gasteiger partial charge in [-0.1, -0.05) is 54.6 Å². The highest BCUT2D eigenvalue weighted by molar-refractivity contribution is 5.97. The van der Waals surface area contributed by atoms with E-state index in [1.54, 1.807) is 9.80 Å². The van der Waals surface area contributed by atoms with Crippen LogP contribution in [0.1, 0.15) is 34.8 Å². The number of aromatic nitrogens is 1. The summed E-state index contributed by atoms with van der Waals surface area (Å²) in [5.41, 5.74) is 5.24. The van der Waals surface area contributed by atoms with Gasteiger partial charge in [0.15, 0.2) is 11.5 Å². The Morgan fingerprint density at radius 1 is 0.975 bits per heavy atom. The predicted octanol–water partition coefficient (Wildman–Crippen LogP) is 4.10. The molecule has 7 rings (SSSR count). The van der Waals surface area contributed by atoms with Gasteiger partial charge in [-0.05, 0) is 54.9 Å². The number of H-pyrrole nitrogens is 1. The van der Waals surface area contributed by atoms with Gasteiger partial charge in [0, 0.05) is 36.1 Å². The van der Waals surface area contributed by atoms with Gasteiger partial charge in [0.05, 0.1) is 12.6 Å². The first kappa shape index (κ1) is 24.7. The van der Waals surface area contributed by atoms with Crippen molar-refractivity contribution in [3.05, 3.63) is 95.2 Å². The van der Waals surface area contributed by atoms with Crippen LogP contribution in [0.2, 0.25) is 0 Å². The average molecular weight is 537 g/mol. The van der Waals surface area contributed by atoms with Crippen LogP contribution < -0.4 is 9.47 Å². The van der Waals surface area contributed by atoms with Crippen LogP contribution in [0.15, 0.2) is 72.8 Å². The zero-order valence-electron chi connectivity index (χ0n) is 22.5. The van der Waals surface area contributed by atoms with Crippen LogP contribution in [0.3, 0.4) is 0 Å². The monoisotopic (exact) mass is 536 g/mol. The van der Waals surface area contributed by atoms with Gasteiger partial charge < -0.3 is 29.2 Å². The Morgan fingerprint density at radius 3 is 2.65 bits per heavy atom. The van der Waals surface area contributed by atoms with Crippen molar-refractivity contribution >= 4 is 22.7 Å². The molecule has 40 heavy (non-hydrogen) atoms. The average Bonchev–Trinajstić information content (AvgIpc) is 3.59. The molecule has 1 saturated heterocycles. The van der Waals surface area contributed by atoms with E-state index in [2.05, 4.69) is 35.1 Å². The number of piperazine rings is 1. The summed E-state index contributed by atoms with van der Waals surface area (Å²) < 4.78 is 11.2. The molecule has 1 aromatic heterocycles. The van der Waals surface area contributed by atoms with E-state index in [1.165, 1.54) is 5.56 Å². The van der Waals surface area contributed by atoms with Crippen molar-refractivity contribution in [1.29, 1.82) is 0 Å². The second-order valence-electron chi connectivity index (χ2n) is 10.9. The zero-order valence-corrected chi connectivity index (χ0v) is 22.5. The van der Waals surface area contributed by atoms with E-state index in [-0.39, 0.29) is 25.2 Å². The normalized spacial score (nSPS) is 19.9. The maximum absolute atomic E-state index is 14.0. The summed E-state index contributed by atoms with van der Waals surface area (Å²) in [6.45, 7) is 2.52. The van der Waals surface area contributed by atoms with Crippen molar-refractivity contribution < 1.29 is 19.1 Å². The second-order valence-corrected chi connectivity index (χ2v) is 10.9. The van der Waals surface area contributed by atoms with Gasteiger partial charge >= 0.3 is 0 Å². The van der Waals surface area contributed by atoms with Gasteiger partial charge in [0.1, 0.15) is 6.04 Å². The number of hydrogen-bond donors (Lipinski definition) is 1. The molecule has 0 radical (unpaired) electrons. The third-order valence-corrected chi connectivity index (χ3v) is 8.32. The van der Waals surface area contributed by atoms with Gasteiger partial charge in [-0.3, -0.25) is 9.59 Å². The molecule has 8 heteroatoms. The number of nitrogens with one attached hydrogen (secondary N) is 1. The minimum Gasteiger partial charge on any atom is -0.454 e. The summed E-state index contributed by atoms with van der Waals surface area (Å²) in [5, 5.41) is 1.10. The molecule has 2 atom stereocenters. The summed E-state index contributed by atoms with van der Waals surface area (Å²) in [6, 6.07) is 23.4. The van der Waals surface area contributed by atoms with E-state index in [1.807, 2.05) is 54.6 Å². The summed E-state index contributed by atoms with van der Waals surface area (Å²) >= 11 is 0. The molecule has 204 valence electrons. The first-order valence-corrected chi connectivity index (χ1v) is 13.9. The van der Waals surface area contributed by atoms with E-state index < -0.39 is 12.1 Å². The third-order valence-electron chi connectivity index (χ3n) is 8.32. The van der Waals surface area contributed by atoms with Crippen LogP contribution in [0.25, 0.3) is 10.9 Å². The van der Waals surface area contributed by atoms with Crippen molar-refractivity contribution in [3.8, 4) is 11.5 Å². The summed E-state index contributed by atoms with van der Waals surface area (Å²) in [4.78, 5) is 37.2. The Labute approximate surface area is 233 Å². The van der Waals surface area contributed by atoms with Crippen LogP contribution in [0, 0.1) is 0 Å². The van der Waals surface area contributed by atoms with Gasteiger partial charge in [-0.15, -0.1) is 0 Å². The van der Waals surface area contributed by atoms with Crippen LogP contribution in [0.5, 0.6) is 11.5 Å². The molecule has 0 unspecified atom stereocenters. The zero-order chi connectivity index (χ0) is 27.2. The fraction of sp³-hybridized carbons (Fsp3) is 0.312. The number of benzene rings is 3. The molecule has 1 N–H and O–H groups in total. The highest BCUT2D eigenvalue weighted by Gasteiger charge is 2.48. The van der Waals surface area contributed by atoms with Crippen LogP contribution in [0.4, 0.5) is 0 Å². The van der Waals surface area contributed by atoms with E-state index >= 15 is 0 Å². The molecule has 3 aromatic carbocycles. The maximum atomic E-state index is 14.0. The largest absolute Gasteiger partial charge is 0.454 e. The minimum absolute atomic E-state index is 0.0204. The lowest BCUT2D eigenvalue weighted by Crippen LogP contribution is -2.63. The molecular weight excluding hydrogens is 504 g/mol. The Bertz CT molecular complexity index is 1580. The summed E-state index contributed by atoms with van der Waals surface area (Å²) in [6.07, 6.45) is 1.30. The second kappa shape index (κ2) is 10.0. The van der Waals surface area contributed by atoms with Gasteiger partial charge in [-0.25, -0.2) is 0 Å². The number of fused-ring (bicyclic) bond motifs is 5. The van der Waals surface area contributed by atoms with Crippen LogP contribution in [-0.4, -0.2) is 71.0 Å². The van der Waals surface area contributed by atoms with E-state index in [0.717, 1.165) is 47.2 Å². The quantitative estimate of drug-likeness (QED) is 0.385. The van der Waals surface area contributed by atoms with Gasteiger partial charge in [0.25, 0.3) is 0 Å². The molecule has 2 amide bonds. The molecule has 0 bridgehead atoms. The summed E-state index contributed by atoms with van der Waals surface area (Å²) in [5.74, 6) is 1.34. The first-order chi connectivity index (χ1) is 19.6. The molecular formula is C32H32N4O4. The molecule has 4 aromatic rings. The van der Waals surface area contributed by atoms with Crippen molar-refractivity contribution in [2.24, 2.45) is 0 Å². The Kier molecular flexibility index (Phi) is 6.20. The van der Waals surface area contributed by atoms with Crippen LogP contribution in [-0.2, 0) is 22.6 Å². The topological polar surface area (TPSA) is 78.1 Å². The van der Waals surface area contributed by atoms with E-state index in [4.69, 9.17) is 9.47 Å². The number of para-hydroxylation sites is 1. The molecule has 0 saturated carbocycles. The fourth-order valence-electron chi connectivity index (χ4n) is 6.45. The number of carbonyl (C=O) groups is 2. The first-order valence-electron chi connectivity index (χ1n) is 13.9. The standard InChI is InChI=1S/C32H32N4O4/c1-34(18-21-8-3-2-4-9-21)14-7-15-35-19-29(37)36-26(32(35)38)17-24-23-10-5-6-11-25(23)33-30(24)31(36)22-12-13-27-28(16-22)40-20-39-27/h2-6,8-13,16,26,31,33H,7,14-15,17-20H2,1H3/t26-,31+/m1/s1. The molecule has 0 spiro atoms. The fourth-order valence-corrected chi connectivity index (χ4v) is 6.45. The van der Waals surface area contributed by atoms with Gasteiger partial charge in [0.2, 0.25) is 18.6 Å². The number of hydrogen-bond acceptors (Lipinski definition) is 5. The SMILES string of the molecule is CN(CCCN1CC(=O)N2[C@@H](c3ccc4c(c3)OCO4)c3[nH]c4ccccc4c3C[C@@H]2C1=O)Cc1ccccc1. The van der Waals surface area contributed by atoms with Crippen molar-refractivity contribution in [2.75, 3.05) is 33.5 Å². The number of carbonyl (C=O) groups excluding carboxylic acids is 2. The van der Waals surface area contributed by atoms with Crippen molar-refractivity contribution in [3.63, 3.8) is 0 Å². The molecule has 3 aliphatic heterocycles. The highest BCUT2D eigenvalue weighted by atomic mass is 16.7. The number of nitrogens with zero attached hydrogens (tertiary/aromatic N) is 3. The lowest BCUT2D eigenvalue weighted by Gasteiger charge is -2.47. The predicted molar refractivity (Wildman–Crippen MR) is 151 cm³/mol. The molecule has 3 aliphatic rings. The Balaban J connectivity index is 1.16. The van der Waals surface area contributed by atoms with Gasteiger partial charge in [-0.2, -0.15) is 0 Å². The number of amides is 2. The highest BCUT2D eigenvalue weighted by Crippen LogP contribution is 2.44. The maximum Gasteiger partial charge on any atom is 0.246 e. The molecule has 1 fully saturated rings. The van der Waals surface area contributed by atoms with Crippen LogP contribution >= 0.6 is 0 Å². The Hall–Kier alpha value is -4.30. The smallest absolute Gasteiger partial charge is 0.246 e. The lowest BCUT2D eigenvalue weighted by molar-refractivity contribution is -0.158. The minimum atomic E-state index is -0.551. The van der Waals surface area contributed by atoms with Crippen molar-refractivity contribution in [2.45, 2.75) is 31.5 Å². The number of ether oxygens (including phenoxy) is 2.